The fraction of sp³-hybridized carbons (Fsp3) is 0.556. The SMILES string of the molecule is C[C@@H](c1ccccc1)N1CCN(C[C@H](c2cccc(OC(F)(F)F)c2)C2CCCCC2O)CC1. The highest BCUT2D eigenvalue weighted by Gasteiger charge is 2.35. The van der Waals surface area contributed by atoms with Crippen LogP contribution in [0.4, 0.5) is 13.2 Å². The zero-order valence-electron chi connectivity index (χ0n) is 19.8. The number of hydrogen-bond donors (Lipinski definition) is 1. The van der Waals surface area contributed by atoms with E-state index in [1.165, 1.54) is 17.7 Å². The molecule has 1 heterocycles. The van der Waals surface area contributed by atoms with E-state index in [1.54, 1.807) is 6.07 Å². The molecule has 2 aromatic carbocycles. The third-order valence-electron chi connectivity index (χ3n) is 7.51. The predicted octanol–water partition coefficient (Wildman–Crippen LogP) is 5.60. The lowest BCUT2D eigenvalue weighted by molar-refractivity contribution is -0.274. The minimum Gasteiger partial charge on any atom is -0.406 e. The lowest BCUT2D eigenvalue weighted by atomic mass is 9.74. The van der Waals surface area contributed by atoms with Crippen molar-refractivity contribution in [3.63, 3.8) is 0 Å². The molecule has 1 N–H and O–H groups in total. The Balaban J connectivity index is 1.46. The highest BCUT2D eigenvalue weighted by Crippen LogP contribution is 2.38. The van der Waals surface area contributed by atoms with Gasteiger partial charge in [0, 0.05) is 44.7 Å². The lowest BCUT2D eigenvalue weighted by Crippen LogP contribution is -2.49. The van der Waals surface area contributed by atoms with Gasteiger partial charge in [-0.05, 0) is 48.9 Å². The van der Waals surface area contributed by atoms with Crippen molar-refractivity contribution in [1.82, 2.24) is 9.80 Å². The minimum atomic E-state index is -4.72. The van der Waals surface area contributed by atoms with E-state index in [2.05, 4.69) is 45.7 Å². The van der Waals surface area contributed by atoms with Gasteiger partial charge in [0.05, 0.1) is 6.10 Å². The van der Waals surface area contributed by atoms with E-state index in [1.807, 2.05) is 12.1 Å². The summed E-state index contributed by atoms with van der Waals surface area (Å²) in [4.78, 5) is 4.88. The quantitative estimate of drug-likeness (QED) is 0.565. The fourth-order valence-corrected chi connectivity index (χ4v) is 5.59. The highest BCUT2D eigenvalue weighted by atomic mass is 19.4. The molecule has 2 unspecified atom stereocenters. The number of rotatable bonds is 7. The van der Waals surface area contributed by atoms with Gasteiger partial charge < -0.3 is 14.7 Å². The summed E-state index contributed by atoms with van der Waals surface area (Å²) in [7, 11) is 0. The summed E-state index contributed by atoms with van der Waals surface area (Å²) in [6.07, 6.45) is -1.46. The van der Waals surface area contributed by atoms with Crippen molar-refractivity contribution in [2.45, 2.75) is 57.0 Å². The second kappa shape index (κ2) is 11.1. The van der Waals surface area contributed by atoms with Crippen molar-refractivity contribution in [2.24, 2.45) is 5.92 Å². The van der Waals surface area contributed by atoms with Crippen molar-refractivity contribution in [3.05, 3.63) is 65.7 Å². The Labute approximate surface area is 200 Å². The van der Waals surface area contributed by atoms with Gasteiger partial charge >= 0.3 is 6.36 Å². The Morgan fingerprint density at radius 3 is 2.29 bits per heavy atom. The molecular weight excluding hydrogens is 441 g/mol. The molecule has 7 heteroatoms. The molecule has 0 bridgehead atoms. The molecule has 1 saturated heterocycles. The van der Waals surface area contributed by atoms with E-state index < -0.39 is 12.5 Å². The molecule has 1 saturated carbocycles. The van der Waals surface area contributed by atoms with E-state index in [4.69, 9.17) is 0 Å². The van der Waals surface area contributed by atoms with Crippen LogP contribution in [-0.2, 0) is 0 Å². The maximum atomic E-state index is 12.8. The Bertz CT molecular complexity index is 900. The van der Waals surface area contributed by atoms with E-state index in [0.717, 1.165) is 64.0 Å². The average Bonchev–Trinajstić information content (AvgIpc) is 2.83. The molecule has 2 fully saturated rings. The largest absolute Gasteiger partial charge is 0.573 e. The summed E-state index contributed by atoms with van der Waals surface area (Å²) in [6.45, 7) is 6.63. The fourth-order valence-electron chi connectivity index (χ4n) is 5.59. The normalized spacial score (nSPS) is 24.5. The number of benzene rings is 2. The first-order valence-corrected chi connectivity index (χ1v) is 12.4. The van der Waals surface area contributed by atoms with Crippen molar-refractivity contribution < 1.29 is 23.0 Å². The number of piperazine rings is 1. The molecule has 1 aliphatic heterocycles. The highest BCUT2D eigenvalue weighted by molar-refractivity contribution is 5.32. The Hall–Kier alpha value is -2.09. The maximum absolute atomic E-state index is 12.8. The van der Waals surface area contributed by atoms with Crippen LogP contribution in [0.5, 0.6) is 5.75 Å². The van der Waals surface area contributed by atoms with Gasteiger partial charge in [-0.2, -0.15) is 0 Å². The molecule has 186 valence electrons. The van der Waals surface area contributed by atoms with Gasteiger partial charge in [-0.3, -0.25) is 4.90 Å². The summed E-state index contributed by atoms with van der Waals surface area (Å²) in [6, 6.07) is 17.2. The number of nitrogens with zero attached hydrogens (tertiary/aromatic N) is 2. The number of aliphatic hydroxyl groups is 1. The lowest BCUT2D eigenvalue weighted by Gasteiger charge is -2.42. The molecule has 34 heavy (non-hydrogen) atoms. The molecule has 0 radical (unpaired) electrons. The molecule has 2 aromatic rings. The summed E-state index contributed by atoms with van der Waals surface area (Å²) in [5.41, 5.74) is 2.12. The molecule has 0 aromatic heterocycles. The number of alkyl halides is 3. The molecule has 4 rings (SSSR count). The van der Waals surface area contributed by atoms with E-state index in [9.17, 15) is 18.3 Å². The van der Waals surface area contributed by atoms with Gasteiger partial charge in [-0.25, -0.2) is 0 Å². The first-order chi connectivity index (χ1) is 16.3. The standard InChI is InChI=1S/C27H35F3N2O2/c1-20(21-8-3-2-4-9-21)32-16-14-31(15-17-32)19-25(24-12-5-6-13-26(24)33)22-10-7-11-23(18-22)34-27(28,29)30/h2-4,7-11,18,20,24-26,33H,5-6,12-17,19H2,1H3/t20-,24?,25+,26?/m0/s1. The van der Waals surface area contributed by atoms with Gasteiger partial charge in [-0.1, -0.05) is 55.3 Å². The van der Waals surface area contributed by atoms with Gasteiger partial charge in [0.2, 0.25) is 0 Å². The van der Waals surface area contributed by atoms with Crippen LogP contribution < -0.4 is 4.74 Å². The van der Waals surface area contributed by atoms with E-state index in [0.29, 0.717) is 6.04 Å². The van der Waals surface area contributed by atoms with E-state index in [-0.39, 0.29) is 17.6 Å². The van der Waals surface area contributed by atoms with Crippen molar-refractivity contribution in [2.75, 3.05) is 32.7 Å². The van der Waals surface area contributed by atoms with Crippen LogP contribution in [0.3, 0.4) is 0 Å². The number of halogens is 3. The summed E-state index contributed by atoms with van der Waals surface area (Å²) in [5.74, 6) is -0.192. The molecule has 4 nitrogen and oxygen atoms in total. The Morgan fingerprint density at radius 1 is 0.941 bits per heavy atom. The zero-order valence-corrected chi connectivity index (χ0v) is 19.8. The summed E-state index contributed by atoms with van der Waals surface area (Å²) < 4.78 is 42.6. The molecule has 4 atom stereocenters. The minimum absolute atomic E-state index is 0.0369. The first kappa shape index (κ1) is 25.0. The van der Waals surface area contributed by atoms with E-state index >= 15 is 0 Å². The van der Waals surface area contributed by atoms with Crippen molar-refractivity contribution >= 4 is 0 Å². The van der Waals surface area contributed by atoms with Crippen LogP contribution in [0.2, 0.25) is 0 Å². The van der Waals surface area contributed by atoms with Crippen LogP contribution in [0.1, 0.15) is 55.7 Å². The van der Waals surface area contributed by atoms with Crippen LogP contribution in [-0.4, -0.2) is 60.1 Å². The second-order valence-electron chi connectivity index (χ2n) is 9.67. The number of ether oxygens (including phenoxy) is 1. The smallest absolute Gasteiger partial charge is 0.406 e. The maximum Gasteiger partial charge on any atom is 0.573 e. The predicted molar refractivity (Wildman–Crippen MR) is 127 cm³/mol. The third kappa shape index (κ3) is 6.52. The van der Waals surface area contributed by atoms with Crippen molar-refractivity contribution in [3.8, 4) is 5.75 Å². The van der Waals surface area contributed by atoms with Gasteiger partial charge in [0.15, 0.2) is 0 Å². The van der Waals surface area contributed by atoms with Gasteiger partial charge in [-0.15, -0.1) is 13.2 Å². The van der Waals surface area contributed by atoms with Gasteiger partial charge in [0.1, 0.15) is 5.75 Å². The Kier molecular flexibility index (Phi) is 8.17. The zero-order chi connectivity index (χ0) is 24.1. The summed E-state index contributed by atoms with van der Waals surface area (Å²) in [5, 5.41) is 10.8. The summed E-state index contributed by atoms with van der Waals surface area (Å²) >= 11 is 0. The third-order valence-corrected chi connectivity index (χ3v) is 7.51. The van der Waals surface area contributed by atoms with Crippen LogP contribution in [0.25, 0.3) is 0 Å². The second-order valence-corrected chi connectivity index (χ2v) is 9.67. The van der Waals surface area contributed by atoms with Gasteiger partial charge in [0.25, 0.3) is 0 Å². The molecule has 1 aliphatic carbocycles. The monoisotopic (exact) mass is 476 g/mol. The topological polar surface area (TPSA) is 35.9 Å². The number of aliphatic hydroxyl groups excluding tert-OH is 1. The van der Waals surface area contributed by atoms with Crippen molar-refractivity contribution in [1.29, 1.82) is 0 Å². The van der Waals surface area contributed by atoms with Crippen LogP contribution in [0.15, 0.2) is 54.6 Å². The Morgan fingerprint density at radius 2 is 1.62 bits per heavy atom. The van der Waals surface area contributed by atoms with Crippen LogP contribution in [0, 0.1) is 5.92 Å². The molecule has 2 aliphatic rings. The number of hydrogen-bond acceptors (Lipinski definition) is 4. The molecule has 0 spiro atoms. The van der Waals surface area contributed by atoms with Crippen LogP contribution >= 0.6 is 0 Å². The molecular formula is C27H35F3N2O2. The molecule has 0 amide bonds. The average molecular weight is 477 g/mol. The first-order valence-electron chi connectivity index (χ1n) is 12.4.